The van der Waals surface area contributed by atoms with Gasteiger partial charge >= 0.3 is 5.97 Å². The Morgan fingerprint density at radius 2 is 1.68 bits per heavy atom. The SMILES string of the molecule is COC(=O)c1cc(C(=O)N[C@@H](Cc2ccccc2)[C@@H](O)CNCc2cccc(OC)c2)cc([N+](=O)[O-])c1. The third-order valence-electron chi connectivity index (χ3n) is 5.71. The van der Waals surface area contributed by atoms with Crippen molar-refractivity contribution in [3.8, 4) is 5.75 Å². The standard InChI is InChI=1S/C27H29N3O7/c1-36-23-10-6-9-19(11-23)16-28-17-25(31)24(12-18-7-4-3-5-8-18)29-26(32)20-13-21(27(33)37-2)15-22(14-20)30(34)35/h3-11,13-15,24-25,28,31H,12,16-17H2,1-2H3,(H,29,32)/t24-,25-/m0/s1. The normalized spacial score (nSPS) is 12.3. The molecule has 37 heavy (non-hydrogen) atoms. The van der Waals surface area contributed by atoms with Crippen LogP contribution in [0.3, 0.4) is 0 Å². The van der Waals surface area contributed by atoms with Crippen molar-refractivity contribution < 1.29 is 29.1 Å². The van der Waals surface area contributed by atoms with E-state index in [1.807, 2.05) is 54.6 Å². The number of carbonyl (C=O) groups excluding carboxylic acids is 2. The fourth-order valence-electron chi connectivity index (χ4n) is 3.78. The van der Waals surface area contributed by atoms with Gasteiger partial charge < -0.3 is 25.2 Å². The monoisotopic (exact) mass is 507 g/mol. The molecule has 0 fully saturated rings. The first-order valence-electron chi connectivity index (χ1n) is 11.5. The Bertz CT molecular complexity index is 1230. The maximum atomic E-state index is 13.1. The molecule has 0 heterocycles. The van der Waals surface area contributed by atoms with Gasteiger partial charge in [0.1, 0.15) is 5.75 Å². The Labute approximate surface area is 214 Å². The number of aliphatic hydroxyl groups excluding tert-OH is 1. The fraction of sp³-hybridized carbons (Fsp3) is 0.259. The third kappa shape index (κ3) is 7.86. The quantitative estimate of drug-likeness (QED) is 0.193. The first kappa shape index (κ1) is 27.3. The van der Waals surface area contributed by atoms with E-state index in [9.17, 15) is 24.8 Å². The molecule has 0 saturated heterocycles. The lowest BCUT2D eigenvalue weighted by molar-refractivity contribution is -0.384. The fourth-order valence-corrected chi connectivity index (χ4v) is 3.78. The zero-order chi connectivity index (χ0) is 26.8. The first-order valence-corrected chi connectivity index (χ1v) is 11.5. The molecule has 0 aliphatic heterocycles. The van der Waals surface area contributed by atoms with E-state index in [1.165, 1.54) is 6.07 Å². The van der Waals surface area contributed by atoms with E-state index in [0.29, 0.717) is 13.0 Å². The molecule has 0 unspecified atom stereocenters. The lowest BCUT2D eigenvalue weighted by Gasteiger charge is -2.25. The largest absolute Gasteiger partial charge is 0.497 e. The Balaban J connectivity index is 1.77. The van der Waals surface area contributed by atoms with Crippen molar-refractivity contribution >= 4 is 17.6 Å². The van der Waals surface area contributed by atoms with Crippen LogP contribution < -0.4 is 15.4 Å². The van der Waals surface area contributed by atoms with E-state index < -0.39 is 34.6 Å². The first-order chi connectivity index (χ1) is 17.8. The zero-order valence-electron chi connectivity index (χ0n) is 20.5. The van der Waals surface area contributed by atoms with E-state index in [4.69, 9.17) is 4.74 Å². The highest BCUT2D eigenvalue weighted by molar-refractivity contribution is 5.99. The molecule has 0 bridgehead atoms. The Morgan fingerprint density at radius 3 is 2.35 bits per heavy atom. The number of aliphatic hydroxyl groups is 1. The van der Waals surface area contributed by atoms with Gasteiger partial charge in [0.25, 0.3) is 11.6 Å². The molecule has 10 heteroatoms. The molecule has 3 aromatic rings. The van der Waals surface area contributed by atoms with Gasteiger partial charge in [-0.3, -0.25) is 14.9 Å². The molecule has 0 radical (unpaired) electrons. The summed E-state index contributed by atoms with van der Waals surface area (Å²) in [6.07, 6.45) is -0.679. The lowest BCUT2D eigenvalue weighted by Crippen LogP contribution is -2.48. The van der Waals surface area contributed by atoms with Crippen LogP contribution >= 0.6 is 0 Å². The van der Waals surface area contributed by atoms with Crippen LogP contribution in [0.2, 0.25) is 0 Å². The van der Waals surface area contributed by atoms with Crippen LogP contribution in [0.5, 0.6) is 5.75 Å². The van der Waals surface area contributed by atoms with Crippen LogP contribution in [-0.4, -0.2) is 54.8 Å². The molecule has 0 saturated carbocycles. The molecular formula is C27H29N3O7. The van der Waals surface area contributed by atoms with Crippen LogP contribution in [0.1, 0.15) is 31.8 Å². The molecule has 3 N–H and O–H groups in total. The number of hydrogen-bond donors (Lipinski definition) is 3. The van der Waals surface area contributed by atoms with Crippen molar-refractivity contribution in [2.75, 3.05) is 20.8 Å². The number of methoxy groups -OCH3 is 2. The summed E-state index contributed by atoms with van der Waals surface area (Å²) in [6.45, 7) is 0.630. The van der Waals surface area contributed by atoms with E-state index in [-0.39, 0.29) is 17.7 Å². The van der Waals surface area contributed by atoms with Crippen molar-refractivity contribution in [2.24, 2.45) is 0 Å². The van der Waals surface area contributed by atoms with Crippen molar-refractivity contribution in [3.63, 3.8) is 0 Å². The number of ether oxygens (including phenoxy) is 2. The predicted octanol–water partition coefficient (Wildman–Crippen LogP) is 2.88. The number of hydrogen-bond acceptors (Lipinski definition) is 8. The molecule has 0 aromatic heterocycles. The van der Waals surface area contributed by atoms with Gasteiger partial charge in [0.2, 0.25) is 0 Å². The summed E-state index contributed by atoms with van der Waals surface area (Å²) in [5, 5.41) is 28.3. The number of nitrogens with zero attached hydrogens (tertiary/aromatic N) is 1. The summed E-state index contributed by atoms with van der Waals surface area (Å²) in [7, 11) is 2.73. The zero-order valence-corrected chi connectivity index (χ0v) is 20.5. The maximum absolute atomic E-state index is 13.1. The van der Waals surface area contributed by atoms with Gasteiger partial charge in [0.05, 0.1) is 36.9 Å². The highest BCUT2D eigenvalue weighted by Gasteiger charge is 2.24. The van der Waals surface area contributed by atoms with E-state index in [1.54, 1.807) is 7.11 Å². The van der Waals surface area contributed by atoms with Crippen LogP contribution in [0.25, 0.3) is 0 Å². The van der Waals surface area contributed by atoms with Crippen LogP contribution in [-0.2, 0) is 17.7 Å². The summed E-state index contributed by atoms with van der Waals surface area (Å²) in [6, 6.07) is 19.4. The van der Waals surface area contributed by atoms with E-state index in [2.05, 4.69) is 15.4 Å². The van der Waals surface area contributed by atoms with Crippen molar-refractivity contribution in [2.45, 2.75) is 25.1 Å². The minimum Gasteiger partial charge on any atom is -0.497 e. The van der Waals surface area contributed by atoms with Crippen molar-refractivity contribution in [1.29, 1.82) is 0 Å². The minimum atomic E-state index is -0.992. The summed E-state index contributed by atoms with van der Waals surface area (Å²) < 4.78 is 9.88. The molecule has 3 aromatic carbocycles. The number of benzene rings is 3. The topological polar surface area (TPSA) is 140 Å². The van der Waals surface area contributed by atoms with Crippen LogP contribution in [0, 0.1) is 10.1 Å². The van der Waals surface area contributed by atoms with Gasteiger partial charge in [-0.1, -0.05) is 42.5 Å². The predicted molar refractivity (Wildman–Crippen MR) is 137 cm³/mol. The number of non-ortho nitro benzene ring substituents is 1. The number of rotatable bonds is 12. The van der Waals surface area contributed by atoms with Gasteiger partial charge in [-0.05, 0) is 35.7 Å². The molecular weight excluding hydrogens is 478 g/mol. The minimum absolute atomic E-state index is 0.0933. The second-order valence-corrected chi connectivity index (χ2v) is 8.34. The molecule has 2 atom stereocenters. The number of esters is 1. The van der Waals surface area contributed by atoms with Gasteiger partial charge in [0.15, 0.2) is 0 Å². The summed E-state index contributed by atoms with van der Waals surface area (Å²) in [5.41, 5.74) is 1.20. The highest BCUT2D eigenvalue weighted by atomic mass is 16.6. The molecule has 0 aliphatic carbocycles. The second-order valence-electron chi connectivity index (χ2n) is 8.34. The number of carbonyl (C=O) groups is 2. The second kappa shape index (κ2) is 13.1. The highest BCUT2D eigenvalue weighted by Crippen LogP contribution is 2.19. The summed E-state index contributed by atoms with van der Waals surface area (Å²) in [4.78, 5) is 35.8. The molecule has 10 nitrogen and oxygen atoms in total. The average Bonchev–Trinajstić information content (AvgIpc) is 2.92. The van der Waals surface area contributed by atoms with Crippen molar-refractivity contribution in [1.82, 2.24) is 10.6 Å². The molecule has 3 rings (SSSR count). The van der Waals surface area contributed by atoms with Gasteiger partial charge in [-0.2, -0.15) is 0 Å². The van der Waals surface area contributed by atoms with E-state index in [0.717, 1.165) is 36.1 Å². The van der Waals surface area contributed by atoms with Gasteiger partial charge in [-0.15, -0.1) is 0 Å². The molecule has 194 valence electrons. The lowest BCUT2D eigenvalue weighted by atomic mass is 10.00. The Morgan fingerprint density at radius 1 is 0.973 bits per heavy atom. The van der Waals surface area contributed by atoms with Crippen LogP contribution in [0.15, 0.2) is 72.8 Å². The smallest absolute Gasteiger partial charge is 0.338 e. The maximum Gasteiger partial charge on any atom is 0.338 e. The average molecular weight is 508 g/mol. The number of nitro groups is 1. The molecule has 0 spiro atoms. The molecule has 0 aliphatic rings. The van der Waals surface area contributed by atoms with Gasteiger partial charge in [0, 0.05) is 30.8 Å². The van der Waals surface area contributed by atoms with Gasteiger partial charge in [-0.25, -0.2) is 4.79 Å². The van der Waals surface area contributed by atoms with Crippen molar-refractivity contribution in [3.05, 3.63) is 105 Å². The summed E-state index contributed by atoms with van der Waals surface area (Å²) >= 11 is 0. The Kier molecular flexibility index (Phi) is 9.70. The number of amides is 1. The van der Waals surface area contributed by atoms with Crippen LogP contribution in [0.4, 0.5) is 5.69 Å². The summed E-state index contributed by atoms with van der Waals surface area (Å²) in [5.74, 6) is -0.751. The third-order valence-corrected chi connectivity index (χ3v) is 5.71. The molecule has 1 amide bonds. The Hall–Kier alpha value is -4.28. The number of nitrogens with one attached hydrogen (secondary N) is 2. The number of nitro benzene ring substituents is 1. The van der Waals surface area contributed by atoms with E-state index >= 15 is 0 Å².